The van der Waals surface area contributed by atoms with E-state index in [2.05, 4.69) is 5.32 Å². The first-order chi connectivity index (χ1) is 5.29. The van der Waals surface area contributed by atoms with Gasteiger partial charge in [0.1, 0.15) is 0 Å². The van der Waals surface area contributed by atoms with Gasteiger partial charge in [-0.3, -0.25) is 4.79 Å². The van der Waals surface area contributed by atoms with Crippen molar-refractivity contribution >= 4 is 5.91 Å². The number of nitrogens with one attached hydrogen (secondary N) is 1. The number of hydrogen-bond acceptors (Lipinski definition) is 2. The molecule has 1 saturated carbocycles. The van der Waals surface area contributed by atoms with Crippen LogP contribution in [0.1, 0.15) is 19.3 Å². The van der Waals surface area contributed by atoms with Gasteiger partial charge in [0.15, 0.2) is 0 Å². The van der Waals surface area contributed by atoms with Gasteiger partial charge in [-0.25, -0.2) is 0 Å². The maximum absolute atomic E-state index is 10.9. The van der Waals surface area contributed by atoms with Gasteiger partial charge in [-0.15, -0.1) is 0 Å². The molecule has 1 amide bonds. The average Bonchev–Trinajstić information content (AvgIpc) is 2.41. The van der Waals surface area contributed by atoms with Gasteiger partial charge >= 0.3 is 0 Å². The molecule has 2 rings (SSSR count). The van der Waals surface area contributed by atoms with Crippen LogP contribution >= 0.6 is 0 Å². The minimum absolute atomic E-state index is 0.0255. The maximum atomic E-state index is 10.9. The molecule has 2 aliphatic rings. The Morgan fingerprint density at radius 3 is 3.00 bits per heavy atom. The van der Waals surface area contributed by atoms with Gasteiger partial charge in [0.25, 0.3) is 0 Å². The SMILES string of the molecule is NC(=O)[C@@H]1NC[C@@H]2CCC[C@@H]21. The molecule has 2 fully saturated rings. The summed E-state index contributed by atoms with van der Waals surface area (Å²) >= 11 is 0. The van der Waals surface area contributed by atoms with Crippen molar-refractivity contribution in [3.63, 3.8) is 0 Å². The molecule has 0 aromatic carbocycles. The number of rotatable bonds is 1. The fraction of sp³-hybridized carbons (Fsp3) is 0.875. The molecule has 0 unspecified atom stereocenters. The predicted octanol–water partition coefficient (Wildman–Crippen LogP) is -0.140. The molecule has 62 valence electrons. The van der Waals surface area contributed by atoms with Gasteiger partial charge in [-0.1, -0.05) is 6.42 Å². The lowest BCUT2D eigenvalue weighted by molar-refractivity contribution is -0.120. The molecule has 0 aromatic heterocycles. The molecule has 1 aliphatic carbocycles. The van der Waals surface area contributed by atoms with Gasteiger partial charge < -0.3 is 11.1 Å². The van der Waals surface area contributed by atoms with E-state index in [1.54, 1.807) is 0 Å². The predicted molar refractivity (Wildman–Crippen MR) is 41.8 cm³/mol. The summed E-state index contributed by atoms with van der Waals surface area (Å²) in [5.41, 5.74) is 5.25. The summed E-state index contributed by atoms with van der Waals surface area (Å²) in [4.78, 5) is 10.9. The summed E-state index contributed by atoms with van der Waals surface area (Å²) in [6.45, 7) is 0.998. The normalized spacial score (nSPS) is 42.4. The first-order valence-corrected chi connectivity index (χ1v) is 4.32. The fourth-order valence-corrected chi connectivity index (χ4v) is 2.50. The van der Waals surface area contributed by atoms with E-state index >= 15 is 0 Å². The van der Waals surface area contributed by atoms with E-state index in [0.29, 0.717) is 5.92 Å². The summed E-state index contributed by atoms with van der Waals surface area (Å²) in [5, 5.41) is 3.18. The summed E-state index contributed by atoms with van der Waals surface area (Å²) < 4.78 is 0. The van der Waals surface area contributed by atoms with E-state index in [4.69, 9.17) is 5.73 Å². The standard InChI is InChI=1S/C8H14N2O/c9-8(11)7-6-3-1-2-5(6)4-10-7/h5-7,10H,1-4H2,(H2,9,11)/t5-,6-,7+/m0/s1. The zero-order chi connectivity index (χ0) is 7.84. The lowest BCUT2D eigenvalue weighted by Crippen LogP contribution is -2.40. The monoisotopic (exact) mass is 154 g/mol. The number of nitrogens with two attached hydrogens (primary N) is 1. The molecule has 1 heterocycles. The van der Waals surface area contributed by atoms with Crippen molar-refractivity contribution < 1.29 is 4.79 Å². The molecular weight excluding hydrogens is 140 g/mol. The Hall–Kier alpha value is -0.570. The van der Waals surface area contributed by atoms with Crippen LogP contribution < -0.4 is 11.1 Å². The molecule has 3 N–H and O–H groups in total. The Morgan fingerprint density at radius 2 is 2.27 bits per heavy atom. The summed E-state index contributed by atoms with van der Waals surface area (Å²) in [6.07, 6.45) is 3.74. The van der Waals surface area contributed by atoms with Crippen LogP contribution in [0.5, 0.6) is 0 Å². The first kappa shape index (κ1) is 7.10. The lowest BCUT2D eigenvalue weighted by Gasteiger charge is -2.13. The molecule has 0 spiro atoms. The number of fused-ring (bicyclic) bond motifs is 1. The zero-order valence-corrected chi connectivity index (χ0v) is 6.55. The second-order valence-electron chi connectivity index (χ2n) is 3.64. The van der Waals surface area contributed by atoms with Crippen molar-refractivity contribution in [1.82, 2.24) is 5.32 Å². The molecule has 3 atom stereocenters. The number of hydrogen-bond donors (Lipinski definition) is 2. The van der Waals surface area contributed by atoms with E-state index in [1.807, 2.05) is 0 Å². The maximum Gasteiger partial charge on any atom is 0.234 e. The highest BCUT2D eigenvalue weighted by Gasteiger charge is 2.41. The van der Waals surface area contributed by atoms with E-state index in [-0.39, 0.29) is 11.9 Å². The van der Waals surface area contributed by atoms with Crippen LogP contribution in [0.4, 0.5) is 0 Å². The molecule has 0 aromatic rings. The summed E-state index contributed by atoms with van der Waals surface area (Å²) in [6, 6.07) is -0.0255. The molecule has 11 heavy (non-hydrogen) atoms. The molecule has 0 bridgehead atoms. The Kier molecular flexibility index (Phi) is 1.60. The highest BCUT2D eigenvalue weighted by atomic mass is 16.1. The lowest BCUT2D eigenvalue weighted by atomic mass is 9.94. The molecule has 1 aliphatic heterocycles. The van der Waals surface area contributed by atoms with Crippen molar-refractivity contribution in [3.8, 4) is 0 Å². The zero-order valence-electron chi connectivity index (χ0n) is 6.55. The van der Waals surface area contributed by atoms with Crippen molar-refractivity contribution in [1.29, 1.82) is 0 Å². The van der Waals surface area contributed by atoms with Gasteiger partial charge in [0.2, 0.25) is 5.91 Å². The number of carbonyl (C=O) groups excluding carboxylic acids is 1. The van der Waals surface area contributed by atoms with Crippen molar-refractivity contribution in [2.75, 3.05) is 6.54 Å². The Morgan fingerprint density at radius 1 is 1.45 bits per heavy atom. The van der Waals surface area contributed by atoms with Gasteiger partial charge in [-0.2, -0.15) is 0 Å². The van der Waals surface area contributed by atoms with Crippen molar-refractivity contribution in [2.24, 2.45) is 17.6 Å². The third-order valence-corrected chi connectivity index (χ3v) is 3.05. The molecule has 1 saturated heterocycles. The first-order valence-electron chi connectivity index (χ1n) is 4.32. The van der Waals surface area contributed by atoms with E-state index in [9.17, 15) is 4.79 Å². The number of carbonyl (C=O) groups is 1. The van der Waals surface area contributed by atoms with E-state index < -0.39 is 0 Å². The highest BCUT2D eigenvalue weighted by molar-refractivity contribution is 5.80. The second kappa shape index (κ2) is 2.48. The van der Waals surface area contributed by atoms with Crippen LogP contribution in [0, 0.1) is 11.8 Å². The molecular formula is C8H14N2O. The van der Waals surface area contributed by atoms with E-state index in [0.717, 1.165) is 12.5 Å². The minimum atomic E-state index is -0.167. The molecule has 3 heteroatoms. The fourth-order valence-electron chi connectivity index (χ4n) is 2.50. The quantitative estimate of drug-likeness (QED) is 0.552. The molecule has 0 radical (unpaired) electrons. The Labute approximate surface area is 66.3 Å². The third-order valence-electron chi connectivity index (χ3n) is 3.05. The van der Waals surface area contributed by atoms with Gasteiger partial charge in [0.05, 0.1) is 6.04 Å². The summed E-state index contributed by atoms with van der Waals surface area (Å²) in [7, 11) is 0. The largest absolute Gasteiger partial charge is 0.368 e. The molecule has 3 nitrogen and oxygen atoms in total. The van der Waals surface area contributed by atoms with Crippen LogP contribution in [-0.2, 0) is 4.79 Å². The third kappa shape index (κ3) is 1.03. The smallest absolute Gasteiger partial charge is 0.234 e. The second-order valence-corrected chi connectivity index (χ2v) is 3.64. The van der Waals surface area contributed by atoms with Crippen LogP contribution in [0.3, 0.4) is 0 Å². The topological polar surface area (TPSA) is 55.1 Å². The van der Waals surface area contributed by atoms with Gasteiger partial charge in [0, 0.05) is 0 Å². The van der Waals surface area contributed by atoms with Crippen LogP contribution in [0.15, 0.2) is 0 Å². The van der Waals surface area contributed by atoms with Gasteiger partial charge in [-0.05, 0) is 31.2 Å². The summed E-state index contributed by atoms with van der Waals surface area (Å²) in [5.74, 6) is 1.11. The number of amides is 1. The Bertz CT molecular complexity index is 181. The highest BCUT2D eigenvalue weighted by Crippen LogP contribution is 2.37. The number of primary amides is 1. The van der Waals surface area contributed by atoms with E-state index in [1.165, 1.54) is 19.3 Å². The minimum Gasteiger partial charge on any atom is -0.368 e. The Balaban J connectivity index is 2.08. The van der Waals surface area contributed by atoms with Crippen molar-refractivity contribution in [3.05, 3.63) is 0 Å². The van der Waals surface area contributed by atoms with Crippen LogP contribution in [0.2, 0.25) is 0 Å². The van der Waals surface area contributed by atoms with Crippen molar-refractivity contribution in [2.45, 2.75) is 25.3 Å². The van der Waals surface area contributed by atoms with Crippen LogP contribution in [0.25, 0.3) is 0 Å². The van der Waals surface area contributed by atoms with Crippen LogP contribution in [-0.4, -0.2) is 18.5 Å². The average molecular weight is 154 g/mol.